The van der Waals surface area contributed by atoms with Gasteiger partial charge in [-0.05, 0) is 30.7 Å². The van der Waals surface area contributed by atoms with Crippen molar-refractivity contribution in [1.82, 2.24) is 24.5 Å². The molecule has 3 heterocycles. The Morgan fingerprint density at radius 2 is 1.83 bits per heavy atom. The Balaban J connectivity index is 1.80. The van der Waals surface area contributed by atoms with E-state index < -0.39 is 0 Å². The Morgan fingerprint density at radius 3 is 2.71 bits per heavy atom. The molecule has 0 spiro atoms. The number of nitrogen functional groups attached to an aromatic ring is 1. The van der Waals surface area contributed by atoms with Crippen molar-refractivity contribution in [2.24, 2.45) is 0 Å². The van der Waals surface area contributed by atoms with Gasteiger partial charge in [0.2, 0.25) is 0 Å². The van der Waals surface area contributed by atoms with Crippen LogP contribution in [0.25, 0.3) is 16.9 Å². The van der Waals surface area contributed by atoms with Crippen molar-refractivity contribution in [1.29, 1.82) is 0 Å². The first-order valence-electron chi connectivity index (χ1n) is 7.45. The van der Waals surface area contributed by atoms with Gasteiger partial charge in [-0.3, -0.25) is 4.57 Å². The Labute approximate surface area is 138 Å². The molecule has 1 aromatic carbocycles. The number of benzene rings is 1. The molecule has 0 atom stereocenters. The van der Waals surface area contributed by atoms with E-state index in [-0.39, 0.29) is 0 Å². The van der Waals surface area contributed by atoms with Crippen molar-refractivity contribution < 1.29 is 0 Å². The largest absolute Gasteiger partial charge is 0.393 e. The first kappa shape index (κ1) is 14.1. The van der Waals surface area contributed by atoms with Crippen LogP contribution < -0.4 is 11.1 Å². The minimum absolute atomic E-state index is 0.436. The van der Waals surface area contributed by atoms with Gasteiger partial charge in [0.1, 0.15) is 24.2 Å². The van der Waals surface area contributed by atoms with E-state index in [0.717, 1.165) is 16.6 Å². The van der Waals surface area contributed by atoms with E-state index in [1.165, 1.54) is 6.33 Å². The Bertz CT molecular complexity index is 1020. The number of para-hydroxylation sites is 2. The lowest BCUT2D eigenvalue weighted by molar-refractivity contribution is 1.00. The fraction of sp³-hybridized carbons (Fsp3) is 0.0588. The standard InChI is InChI=1S/C17H15N7/c1-11-5-4-8-19-15(11)23-16-14(18)17(21-9-20-16)24-10-22-12-6-2-3-7-13(12)24/h2-10H,18H2,1H3,(H,19,20,21,23). The van der Waals surface area contributed by atoms with Gasteiger partial charge in [0.25, 0.3) is 0 Å². The number of nitrogens with zero attached hydrogens (tertiary/aromatic N) is 5. The van der Waals surface area contributed by atoms with Crippen LogP contribution in [0.3, 0.4) is 0 Å². The molecule has 7 heteroatoms. The molecule has 0 bridgehead atoms. The molecule has 0 aliphatic heterocycles. The molecule has 0 fully saturated rings. The Hall–Kier alpha value is -3.48. The zero-order valence-electron chi connectivity index (χ0n) is 13.0. The molecule has 0 saturated carbocycles. The van der Waals surface area contributed by atoms with Gasteiger partial charge in [-0.15, -0.1) is 0 Å². The van der Waals surface area contributed by atoms with Crippen molar-refractivity contribution >= 4 is 28.4 Å². The lowest BCUT2D eigenvalue weighted by Gasteiger charge is -2.12. The van der Waals surface area contributed by atoms with Gasteiger partial charge >= 0.3 is 0 Å². The molecule has 24 heavy (non-hydrogen) atoms. The van der Waals surface area contributed by atoms with Crippen LogP contribution in [0.5, 0.6) is 0 Å². The zero-order valence-corrected chi connectivity index (χ0v) is 13.0. The van der Waals surface area contributed by atoms with Crippen molar-refractivity contribution in [2.45, 2.75) is 6.92 Å². The van der Waals surface area contributed by atoms with Crippen molar-refractivity contribution in [3.63, 3.8) is 0 Å². The van der Waals surface area contributed by atoms with E-state index in [0.29, 0.717) is 23.1 Å². The summed E-state index contributed by atoms with van der Waals surface area (Å²) >= 11 is 0. The third-order valence-corrected chi connectivity index (χ3v) is 3.79. The molecule has 0 saturated heterocycles. The van der Waals surface area contributed by atoms with Gasteiger partial charge in [-0.25, -0.2) is 19.9 Å². The molecular weight excluding hydrogens is 302 g/mol. The molecule has 4 rings (SSSR count). The highest BCUT2D eigenvalue weighted by atomic mass is 15.2. The molecule has 3 N–H and O–H groups in total. The summed E-state index contributed by atoms with van der Waals surface area (Å²) in [6.45, 7) is 1.97. The number of nitrogens with two attached hydrogens (primary N) is 1. The molecule has 3 aromatic heterocycles. The van der Waals surface area contributed by atoms with Crippen molar-refractivity contribution in [3.05, 3.63) is 60.8 Å². The summed E-state index contributed by atoms with van der Waals surface area (Å²) < 4.78 is 1.85. The molecule has 0 unspecified atom stereocenters. The summed E-state index contributed by atoms with van der Waals surface area (Å²) in [5, 5.41) is 3.17. The van der Waals surface area contributed by atoms with Crippen LogP contribution in [0.1, 0.15) is 5.56 Å². The van der Waals surface area contributed by atoms with E-state index in [2.05, 4.69) is 25.3 Å². The van der Waals surface area contributed by atoms with Crippen LogP contribution in [0, 0.1) is 6.92 Å². The van der Waals surface area contributed by atoms with Gasteiger partial charge in [0.05, 0.1) is 11.0 Å². The molecule has 0 amide bonds. The van der Waals surface area contributed by atoms with E-state index in [4.69, 9.17) is 5.73 Å². The smallest absolute Gasteiger partial charge is 0.167 e. The van der Waals surface area contributed by atoms with Crippen LogP contribution in [0.4, 0.5) is 17.3 Å². The highest BCUT2D eigenvalue weighted by Gasteiger charge is 2.13. The lowest BCUT2D eigenvalue weighted by atomic mass is 10.3. The van der Waals surface area contributed by atoms with Crippen molar-refractivity contribution in [2.75, 3.05) is 11.1 Å². The Morgan fingerprint density at radius 1 is 0.958 bits per heavy atom. The molecule has 7 nitrogen and oxygen atoms in total. The van der Waals surface area contributed by atoms with E-state index >= 15 is 0 Å². The lowest BCUT2D eigenvalue weighted by Crippen LogP contribution is -2.08. The van der Waals surface area contributed by atoms with E-state index in [1.54, 1.807) is 12.5 Å². The average molecular weight is 317 g/mol. The second-order valence-electron chi connectivity index (χ2n) is 5.36. The number of fused-ring (bicyclic) bond motifs is 1. The summed E-state index contributed by atoms with van der Waals surface area (Å²) in [5.74, 6) is 1.80. The second kappa shape index (κ2) is 5.62. The SMILES string of the molecule is Cc1cccnc1Nc1ncnc(-n2cnc3ccccc32)c1N. The summed E-state index contributed by atoms with van der Waals surface area (Å²) in [6, 6.07) is 11.7. The monoisotopic (exact) mass is 317 g/mol. The predicted molar refractivity (Wildman–Crippen MR) is 93.3 cm³/mol. The number of hydrogen-bond acceptors (Lipinski definition) is 6. The van der Waals surface area contributed by atoms with E-state index in [9.17, 15) is 0 Å². The normalized spacial score (nSPS) is 10.9. The molecule has 0 aliphatic rings. The zero-order chi connectivity index (χ0) is 16.5. The fourth-order valence-electron chi connectivity index (χ4n) is 2.53. The third kappa shape index (κ3) is 2.32. The number of pyridine rings is 1. The van der Waals surface area contributed by atoms with Gasteiger partial charge in [-0.2, -0.15) is 0 Å². The first-order chi connectivity index (χ1) is 11.7. The number of anilines is 3. The van der Waals surface area contributed by atoms with Crippen LogP contribution in [0.15, 0.2) is 55.2 Å². The summed E-state index contributed by atoms with van der Waals surface area (Å²) in [6.07, 6.45) is 4.90. The van der Waals surface area contributed by atoms with Gasteiger partial charge in [0.15, 0.2) is 11.6 Å². The number of aryl methyl sites for hydroxylation is 1. The van der Waals surface area contributed by atoms with Crippen molar-refractivity contribution in [3.8, 4) is 5.82 Å². The molecular formula is C17H15N7. The highest BCUT2D eigenvalue weighted by molar-refractivity contribution is 5.81. The topological polar surface area (TPSA) is 94.5 Å². The summed E-state index contributed by atoms with van der Waals surface area (Å²) in [7, 11) is 0. The maximum absolute atomic E-state index is 6.30. The van der Waals surface area contributed by atoms with Crippen LogP contribution in [-0.4, -0.2) is 24.5 Å². The van der Waals surface area contributed by atoms with E-state index in [1.807, 2.05) is 47.9 Å². The summed E-state index contributed by atoms with van der Waals surface area (Å²) in [5.41, 5.74) is 9.55. The number of nitrogens with one attached hydrogen (secondary N) is 1. The van der Waals surface area contributed by atoms with Crippen LogP contribution >= 0.6 is 0 Å². The average Bonchev–Trinajstić information content (AvgIpc) is 3.03. The minimum atomic E-state index is 0.436. The molecule has 4 aromatic rings. The van der Waals surface area contributed by atoms with Gasteiger partial charge in [-0.1, -0.05) is 18.2 Å². The number of aromatic nitrogens is 5. The first-order valence-corrected chi connectivity index (χ1v) is 7.45. The summed E-state index contributed by atoms with van der Waals surface area (Å²) in [4.78, 5) is 17.3. The molecule has 0 radical (unpaired) electrons. The molecule has 0 aliphatic carbocycles. The predicted octanol–water partition coefficient (Wildman–Crippen LogP) is 2.84. The van der Waals surface area contributed by atoms with Gasteiger partial charge < -0.3 is 11.1 Å². The van der Waals surface area contributed by atoms with Gasteiger partial charge in [0, 0.05) is 6.20 Å². The maximum atomic E-state index is 6.30. The molecule has 118 valence electrons. The number of rotatable bonds is 3. The third-order valence-electron chi connectivity index (χ3n) is 3.79. The quantitative estimate of drug-likeness (QED) is 0.603. The fourth-order valence-corrected chi connectivity index (χ4v) is 2.53. The highest BCUT2D eigenvalue weighted by Crippen LogP contribution is 2.27. The minimum Gasteiger partial charge on any atom is -0.393 e. The van der Waals surface area contributed by atoms with Crippen LogP contribution in [0.2, 0.25) is 0 Å². The number of imidazole rings is 1. The maximum Gasteiger partial charge on any atom is 0.167 e. The number of hydrogen-bond donors (Lipinski definition) is 2. The second-order valence-corrected chi connectivity index (χ2v) is 5.36. The van der Waals surface area contributed by atoms with Crippen LogP contribution in [-0.2, 0) is 0 Å². The Kier molecular flexibility index (Phi) is 3.31.